The van der Waals surface area contributed by atoms with Gasteiger partial charge in [0.15, 0.2) is 15.5 Å². The third-order valence-corrected chi connectivity index (χ3v) is 5.39. The van der Waals surface area contributed by atoms with Gasteiger partial charge in [0.25, 0.3) is 0 Å². The Labute approximate surface area is 167 Å². The van der Waals surface area contributed by atoms with E-state index in [2.05, 4.69) is 14.9 Å². The fourth-order valence-electron chi connectivity index (χ4n) is 2.85. The Kier molecular flexibility index (Phi) is 6.11. The summed E-state index contributed by atoms with van der Waals surface area (Å²) in [6.45, 7) is -0.594. The number of aliphatic hydroxyl groups is 1. The molecule has 0 spiro atoms. The van der Waals surface area contributed by atoms with E-state index in [0.29, 0.717) is 16.8 Å². The van der Waals surface area contributed by atoms with Gasteiger partial charge in [-0.05, 0) is 24.1 Å². The Bertz CT molecular complexity index is 1070. The maximum atomic E-state index is 14.7. The summed E-state index contributed by atoms with van der Waals surface area (Å²) in [5.74, 6) is 0. The minimum atomic E-state index is -3.68. The summed E-state index contributed by atoms with van der Waals surface area (Å²) >= 11 is 0. The molecule has 0 amide bonds. The third kappa shape index (κ3) is 4.69. The first-order valence-electron chi connectivity index (χ1n) is 8.81. The number of nitrogens with zero attached hydrogens (tertiary/aromatic N) is 1. The standard InChI is InChI=1S/C20H20F2N2O4S/c1-29(26,27)16-10-8-15(9-11-16)18-17(14-6-3-2-4-7-14)19(24-23-18)20(21,22)28-13-5-12-25/h2-4,6-11,25H,5,12-13H2,1H3,(H,23,24). The molecule has 6 nitrogen and oxygen atoms in total. The van der Waals surface area contributed by atoms with Crippen LogP contribution in [0.5, 0.6) is 0 Å². The average Bonchev–Trinajstić information content (AvgIpc) is 3.14. The molecule has 0 saturated heterocycles. The number of hydrogen-bond donors (Lipinski definition) is 2. The van der Waals surface area contributed by atoms with Gasteiger partial charge in [0.05, 0.1) is 17.2 Å². The highest BCUT2D eigenvalue weighted by molar-refractivity contribution is 7.90. The van der Waals surface area contributed by atoms with Crippen molar-refractivity contribution in [1.82, 2.24) is 10.2 Å². The first-order valence-corrected chi connectivity index (χ1v) is 10.7. The molecular formula is C20H20F2N2O4S. The van der Waals surface area contributed by atoms with Gasteiger partial charge in [-0.1, -0.05) is 42.5 Å². The summed E-state index contributed by atoms with van der Waals surface area (Å²) in [5.41, 5.74) is 0.900. The van der Waals surface area contributed by atoms with Gasteiger partial charge < -0.3 is 9.84 Å². The molecule has 3 rings (SSSR count). The zero-order chi connectivity index (χ0) is 21.1. The molecule has 0 aliphatic rings. The fourth-order valence-corrected chi connectivity index (χ4v) is 3.48. The summed E-state index contributed by atoms with van der Waals surface area (Å²) in [4.78, 5) is 0.125. The molecule has 0 aliphatic carbocycles. The topological polar surface area (TPSA) is 92.3 Å². The van der Waals surface area contributed by atoms with Crippen LogP contribution in [-0.2, 0) is 20.7 Å². The van der Waals surface area contributed by atoms with Crippen molar-refractivity contribution in [1.29, 1.82) is 0 Å². The average molecular weight is 422 g/mol. The van der Waals surface area contributed by atoms with E-state index in [-0.39, 0.29) is 30.1 Å². The van der Waals surface area contributed by atoms with E-state index < -0.39 is 21.6 Å². The Morgan fingerprint density at radius 2 is 1.72 bits per heavy atom. The van der Waals surface area contributed by atoms with E-state index in [1.54, 1.807) is 30.3 Å². The molecule has 0 aliphatic heterocycles. The van der Waals surface area contributed by atoms with Crippen LogP contribution in [0.4, 0.5) is 8.78 Å². The van der Waals surface area contributed by atoms with Crippen LogP contribution < -0.4 is 0 Å². The number of aliphatic hydroxyl groups excluding tert-OH is 1. The Hall–Kier alpha value is -2.62. The summed E-state index contributed by atoms with van der Waals surface area (Å²) in [5, 5.41) is 15.3. The lowest BCUT2D eigenvalue weighted by atomic mass is 9.98. The van der Waals surface area contributed by atoms with Gasteiger partial charge in [0.1, 0.15) is 0 Å². The van der Waals surface area contributed by atoms with Crippen molar-refractivity contribution in [3.05, 3.63) is 60.3 Å². The van der Waals surface area contributed by atoms with Gasteiger partial charge in [-0.3, -0.25) is 5.10 Å². The molecular weight excluding hydrogens is 402 g/mol. The number of aromatic nitrogens is 2. The molecule has 0 unspecified atom stereocenters. The van der Waals surface area contributed by atoms with Gasteiger partial charge in [0, 0.05) is 24.0 Å². The van der Waals surface area contributed by atoms with Crippen molar-refractivity contribution >= 4 is 9.84 Å². The van der Waals surface area contributed by atoms with E-state index in [4.69, 9.17) is 5.11 Å². The van der Waals surface area contributed by atoms with Crippen LogP contribution >= 0.6 is 0 Å². The number of aromatic amines is 1. The number of hydrogen-bond acceptors (Lipinski definition) is 5. The number of nitrogens with one attached hydrogen (secondary N) is 1. The normalized spacial score (nSPS) is 12.3. The Morgan fingerprint density at radius 1 is 1.07 bits per heavy atom. The van der Waals surface area contributed by atoms with Gasteiger partial charge in [-0.15, -0.1) is 0 Å². The van der Waals surface area contributed by atoms with Crippen LogP contribution in [0.15, 0.2) is 59.5 Å². The third-order valence-electron chi connectivity index (χ3n) is 4.26. The molecule has 2 N–H and O–H groups in total. The smallest absolute Gasteiger partial charge is 0.396 e. The van der Waals surface area contributed by atoms with Gasteiger partial charge >= 0.3 is 6.11 Å². The van der Waals surface area contributed by atoms with Gasteiger partial charge in [-0.25, -0.2) is 8.42 Å². The zero-order valence-electron chi connectivity index (χ0n) is 15.6. The highest BCUT2D eigenvalue weighted by atomic mass is 32.2. The molecule has 2 aromatic carbocycles. The zero-order valence-corrected chi connectivity index (χ0v) is 16.4. The number of rotatable bonds is 8. The van der Waals surface area contributed by atoms with Crippen molar-refractivity contribution in [3.63, 3.8) is 0 Å². The molecule has 9 heteroatoms. The summed E-state index contributed by atoms with van der Waals surface area (Å²) < 4.78 is 57.4. The second kappa shape index (κ2) is 8.40. The SMILES string of the molecule is CS(=O)(=O)c1ccc(-c2[nH]nc(C(F)(F)OCCCO)c2-c2ccccc2)cc1. The fraction of sp³-hybridized carbons (Fsp3) is 0.250. The van der Waals surface area contributed by atoms with Crippen molar-refractivity contribution in [2.45, 2.75) is 17.4 Å². The van der Waals surface area contributed by atoms with Crippen LogP contribution in [-0.4, -0.2) is 43.2 Å². The second-order valence-corrected chi connectivity index (χ2v) is 8.44. The van der Waals surface area contributed by atoms with Crippen LogP contribution in [0.1, 0.15) is 12.1 Å². The maximum absolute atomic E-state index is 14.7. The summed E-state index contributed by atoms with van der Waals surface area (Å²) in [6.07, 6.45) is -2.52. The first kappa shape index (κ1) is 21.1. The van der Waals surface area contributed by atoms with Crippen molar-refractivity contribution in [3.8, 4) is 22.4 Å². The van der Waals surface area contributed by atoms with Crippen molar-refractivity contribution in [2.24, 2.45) is 0 Å². The molecule has 29 heavy (non-hydrogen) atoms. The predicted octanol–water partition coefficient (Wildman–Crippen LogP) is 3.60. The predicted molar refractivity (Wildman–Crippen MR) is 104 cm³/mol. The van der Waals surface area contributed by atoms with E-state index in [1.165, 1.54) is 24.3 Å². The molecule has 0 radical (unpaired) electrons. The quantitative estimate of drug-likeness (QED) is 0.541. The van der Waals surface area contributed by atoms with Crippen molar-refractivity contribution < 1.29 is 27.0 Å². The highest BCUT2D eigenvalue weighted by Crippen LogP contribution is 2.41. The number of H-pyrrole nitrogens is 1. The number of benzene rings is 2. The lowest BCUT2D eigenvalue weighted by molar-refractivity contribution is -0.251. The molecule has 0 fully saturated rings. The molecule has 1 heterocycles. The largest absolute Gasteiger partial charge is 0.402 e. The van der Waals surface area contributed by atoms with E-state index in [1.807, 2.05) is 0 Å². The molecule has 1 aromatic heterocycles. The number of sulfone groups is 1. The summed E-state index contributed by atoms with van der Waals surface area (Å²) in [7, 11) is -3.38. The molecule has 154 valence electrons. The maximum Gasteiger partial charge on any atom is 0.402 e. The number of ether oxygens (including phenoxy) is 1. The van der Waals surface area contributed by atoms with Gasteiger partial charge in [0.2, 0.25) is 0 Å². The number of alkyl halides is 2. The van der Waals surface area contributed by atoms with E-state index >= 15 is 0 Å². The Morgan fingerprint density at radius 3 is 2.31 bits per heavy atom. The number of halogens is 2. The van der Waals surface area contributed by atoms with Crippen LogP contribution in [0.2, 0.25) is 0 Å². The minimum absolute atomic E-state index is 0.0699. The summed E-state index contributed by atoms with van der Waals surface area (Å²) in [6, 6.07) is 14.4. The second-order valence-electron chi connectivity index (χ2n) is 6.43. The van der Waals surface area contributed by atoms with E-state index in [9.17, 15) is 17.2 Å². The van der Waals surface area contributed by atoms with Crippen LogP contribution in [0.3, 0.4) is 0 Å². The highest BCUT2D eigenvalue weighted by Gasteiger charge is 2.40. The molecule has 0 atom stereocenters. The monoisotopic (exact) mass is 422 g/mol. The van der Waals surface area contributed by atoms with E-state index in [0.717, 1.165) is 6.26 Å². The Balaban J connectivity index is 2.10. The molecule has 0 saturated carbocycles. The van der Waals surface area contributed by atoms with Crippen LogP contribution in [0, 0.1) is 0 Å². The molecule has 3 aromatic rings. The lowest BCUT2D eigenvalue weighted by Gasteiger charge is -2.16. The van der Waals surface area contributed by atoms with Crippen molar-refractivity contribution in [2.75, 3.05) is 19.5 Å². The van der Waals surface area contributed by atoms with Gasteiger partial charge in [-0.2, -0.15) is 13.9 Å². The first-order chi connectivity index (χ1) is 13.7. The minimum Gasteiger partial charge on any atom is -0.396 e. The molecule has 0 bridgehead atoms. The lowest BCUT2D eigenvalue weighted by Crippen LogP contribution is -2.21. The van der Waals surface area contributed by atoms with Crippen LogP contribution in [0.25, 0.3) is 22.4 Å².